The third-order valence-electron chi connectivity index (χ3n) is 5.10. The molecular weight excluding hydrogens is 407 g/mol. The van der Waals surface area contributed by atoms with Crippen LogP contribution in [-0.2, 0) is 16.1 Å². The second kappa shape index (κ2) is 7.80. The summed E-state index contributed by atoms with van der Waals surface area (Å²) < 4.78 is 0. The molecule has 4 nitrogen and oxygen atoms in total. The van der Waals surface area contributed by atoms with Crippen molar-refractivity contribution < 1.29 is 9.59 Å². The lowest BCUT2D eigenvalue weighted by Crippen LogP contribution is -2.34. The lowest BCUT2D eigenvalue weighted by Gasteiger charge is -2.35. The van der Waals surface area contributed by atoms with Crippen molar-refractivity contribution in [3.8, 4) is 0 Å². The Morgan fingerprint density at radius 1 is 1.00 bits per heavy atom. The largest absolute Gasteiger partial charge is 0.301 e. The van der Waals surface area contributed by atoms with Crippen LogP contribution in [0, 0.1) is 0 Å². The molecule has 142 valence electrons. The summed E-state index contributed by atoms with van der Waals surface area (Å²) in [6.07, 6.45) is 0.540. The molecule has 2 aromatic rings. The molecule has 1 fully saturated rings. The average molecular weight is 426 g/mol. The second-order valence-corrected chi connectivity index (χ2v) is 7.73. The van der Waals surface area contributed by atoms with E-state index in [-0.39, 0.29) is 43.0 Å². The number of carbonyl (C=O) groups excluding carboxylic acids is 2. The van der Waals surface area contributed by atoms with Gasteiger partial charge < -0.3 is 4.90 Å². The van der Waals surface area contributed by atoms with E-state index in [0.717, 1.165) is 29.8 Å². The summed E-state index contributed by atoms with van der Waals surface area (Å²) in [5, 5.41) is 1.24. The summed E-state index contributed by atoms with van der Waals surface area (Å²) in [5.41, 5.74) is 3.72. The van der Waals surface area contributed by atoms with Crippen molar-refractivity contribution in [2.45, 2.75) is 25.3 Å². The highest BCUT2D eigenvalue weighted by molar-refractivity contribution is 6.35. The number of halogens is 3. The van der Waals surface area contributed by atoms with Gasteiger partial charge in [0.15, 0.2) is 0 Å². The van der Waals surface area contributed by atoms with Crippen molar-refractivity contribution in [3.05, 3.63) is 63.1 Å². The number of fused-ring (bicyclic) bond motifs is 1. The fourth-order valence-electron chi connectivity index (χ4n) is 3.94. The van der Waals surface area contributed by atoms with E-state index in [1.807, 2.05) is 37.4 Å². The van der Waals surface area contributed by atoms with E-state index in [9.17, 15) is 9.59 Å². The van der Waals surface area contributed by atoms with Gasteiger partial charge in [-0.2, -0.15) is 0 Å². The Balaban J connectivity index is 0.00000210. The Kier molecular flexibility index (Phi) is 5.82. The van der Waals surface area contributed by atoms with Crippen LogP contribution in [0.4, 0.5) is 5.69 Å². The van der Waals surface area contributed by atoms with Gasteiger partial charge in [-0.15, -0.1) is 12.4 Å². The smallest absolute Gasteiger partial charge is 0.234 e. The summed E-state index contributed by atoms with van der Waals surface area (Å²) in [4.78, 5) is 28.1. The standard InChI is InChI=1S/C20H18Cl2N2O2.ClH/c1-23-10-15(14-8-12(21)9-17(22)16(14)11-23)13-4-2-3-5-18(13)24-19(25)6-7-20(24)26;/h2-5,8-9,15H,6-7,10-11H2,1H3;1H/t15-;/m0./s1. The summed E-state index contributed by atoms with van der Waals surface area (Å²) in [5.74, 6) is -0.302. The number of benzene rings is 2. The molecule has 0 radical (unpaired) electrons. The number of amides is 2. The molecule has 0 spiro atoms. The van der Waals surface area contributed by atoms with Crippen LogP contribution in [0.3, 0.4) is 0 Å². The number of anilines is 1. The average Bonchev–Trinajstić information content (AvgIpc) is 2.93. The second-order valence-electron chi connectivity index (χ2n) is 6.89. The van der Waals surface area contributed by atoms with Crippen LogP contribution in [0.25, 0.3) is 0 Å². The molecule has 4 rings (SSSR count). The number of imide groups is 1. The molecule has 2 heterocycles. The minimum atomic E-state index is -0.143. The molecule has 0 aromatic heterocycles. The molecule has 0 bridgehead atoms. The molecule has 2 aromatic carbocycles. The normalized spacial score (nSPS) is 19.8. The molecule has 1 atom stereocenters. The molecule has 2 aliphatic heterocycles. The maximum Gasteiger partial charge on any atom is 0.234 e. The van der Waals surface area contributed by atoms with E-state index >= 15 is 0 Å². The Bertz CT molecular complexity index is 900. The van der Waals surface area contributed by atoms with E-state index in [4.69, 9.17) is 23.2 Å². The van der Waals surface area contributed by atoms with Gasteiger partial charge in [0.2, 0.25) is 11.8 Å². The third-order valence-corrected chi connectivity index (χ3v) is 5.65. The highest BCUT2D eigenvalue weighted by Gasteiger charge is 2.35. The molecule has 27 heavy (non-hydrogen) atoms. The SMILES string of the molecule is CN1Cc2c(Cl)cc(Cl)cc2[C@H](c2ccccc2N2C(=O)CCC2=O)C1.Cl. The Morgan fingerprint density at radius 2 is 1.67 bits per heavy atom. The monoisotopic (exact) mass is 424 g/mol. The first kappa shape index (κ1) is 20.2. The molecule has 0 aliphatic carbocycles. The minimum Gasteiger partial charge on any atom is -0.301 e. The van der Waals surface area contributed by atoms with Crippen LogP contribution < -0.4 is 4.90 Å². The number of hydrogen-bond acceptors (Lipinski definition) is 3. The number of carbonyl (C=O) groups is 2. The first-order chi connectivity index (χ1) is 12.5. The quantitative estimate of drug-likeness (QED) is 0.658. The van der Waals surface area contributed by atoms with E-state index < -0.39 is 0 Å². The van der Waals surface area contributed by atoms with Gasteiger partial charge in [-0.3, -0.25) is 14.5 Å². The topological polar surface area (TPSA) is 40.6 Å². The van der Waals surface area contributed by atoms with E-state index in [1.165, 1.54) is 4.90 Å². The van der Waals surface area contributed by atoms with Crippen LogP contribution in [0.15, 0.2) is 36.4 Å². The first-order valence-electron chi connectivity index (χ1n) is 8.57. The molecule has 2 aliphatic rings. The molecular formula is C20H19Cl3N2O2. The highest BCUT2D eigenvalue weighted by Crippen LogP contribution is 2.42. The van der Waals surface area contributed by atoms with Crippen LogP contribution in [0.2, 0.25) is 10.0 Å². The Morgan fingerprint density at radius 3 is 2.37 bits per heavy atom. The Labute approximate surface area is 174 Å². The van der Waals surface area contributed by atoms with Gasteiger partial charge in [-0.05, 0) is 41.9 Å². The molecule has 0 N–H and O–H groups in total. The van der Waals surface area contributed by atoms with Gasteiger partial charge in [0.25, 0.3) is 0 Å². The predicted octanol–water partition coefficient (Wildman–Crippen LogP) is 4.65. The maximum atomic E-state index is 12.3. The molecule has 7 heteroatoms. The van der Waals surface area contributed by atoms with Crippen molar-refractivity contribution in [1.82, 2.24) is 4.90 Å². The van der Waals surface area contributed by atoms with Crippen molar-refractivity contribution in [2.75, 3.05) is 18.5 Å². The lowest BCUT2D eigenvalue weighted by molar-refractivity contribution is -0.121. The number of para-hydroxylation sites is 1. The molecule has 0 unspecified atom stereocenters. The van der Waals surface area contributed by atoms with Gasteiger partial charge in [0.1, 0.15) is 0 Å². The molecule has 2 amide bonds. The maximum absolute atomic E-state index is 12.3. The molecule has 1 saturated heterocycles. The van der Waals surface area contributed by atoms with Crippen LogP contribution in [0.5, 0.6) is 0 Å². The molecule has 0 saturated carbocycles. The van der Waals surface area contributed by atoms with Crippen LogP contribution in [0.1, 0.15) is 35.4 Å². The first-order valence-corrected chi connectivity index (χ1v) is 9.32. The summed E-state index contributed by atoms with van der Waals surface area (Å²) in [6.45, 7) is 1.50. The third kappa shape index (κ3) is 3.59. The van der Waals surface area contributed by atoms with Crippen LogP contribution in [-0.4, -0.2) is 30.3 Å². The van der Waals surface area contributed by atoms with Crippen molar-refractivity contribution in [1.29, 1.82) is 0 Å². The van der Waals surface area contributed by atoms with Crippen molar-refractivity contribution >= 4 is 53.1 Å². The summed E-state index contributed by atoms with van der Waals surface area (Å²) in [7, 11) is 2.04. The van der Waals surface area contributed by atoms with Crippen molar-refractivity contribution in [3.63, 3.8) is 0 Å². The van der Waals surface area contributed by atoms with E-state index in [0.29, 0.717) is 15.7 Å². The number of likely N-dealkylation sites (N-methyl/N-ethyl adjacent to an activating group) is 1. The lowest BCUT2D eigenvalue weighted by atomic mass is 9.83. The van der Waals surface area contributed by atoms with Gasteiger partial charge in [-0.25, -0.2) is 0 Å². The fraction of sp³-hybridized carbons (Fsp3) is 0.300. The van der Waals surface area contributed by atoms with E-state index in [1.54, 1.807) is 6.07 Å². The van der Waals surface area contributed by atoms with Gasteiger partial charge in [0.05, 0.1) is 5.69 Å². The van der Waals surface area contributed by atoms with Gasteiger partial charge >= 0.3 is 0 Å². The van der Waals surface area contributed by atoms with Gasteiger partial charge in [-0.1, -0.05) is 41.4 Å². The summed E-state index contributed by atoms with van der Waals surface area (Å²) >= 11 is 12.7. The fourth-order valence-corrected chi connectivity index (χ4v) is 4.51. The number of hydrogen-bond donors (Lipinski definition) is 0. The Hall–Kier alpha value is -1.59. The zero-order valence-electron chi connectivity index (χ0n) is 14.7. The zero-order chi connectivity index (χ0) is 18.4. The van der Waals surface area contributed by atoms with Gasteiger partial charge in [0, 0.05) is 41.9 Å². The van der Waals surface area contributed by atoms with E-state index in [2.05, 4.69) is 4.90 Å². The van der Waals surface area contributed by atoms with Crippen molar-refractivity contribution in [2.24, 2.45) is 0 Å². The number of rotatable bonds is 2. The zero-order valence-corrected chi connectivity index (χ0v) is 17.1. The minimum absolute atomic E-state index is 0. The number of nitrogens with zero attached hydrogens (tertiary/aromatic N) is 2. The highest BCUT2D eigenvalue weighted by atomic mass is 35.5. The van der Waals surface area contributed by atoms with Crippen LogP contribution >= 0.6 is 35.6 Å². The predicted molar refractivity (Wildman–Crippen MR) is 110 cm³/mol. The summed E-state index contributed by atoms with van der Waals surface area (Å²) in [6, 6.07) is 11.3.